The normalized spacial score (nSPS) is 20.9. The van der Waals surface area contributed by atoms with Crippen LogP contribution < -0.4 is 5.32 Å². The van der Waals surface area contributed by atoms with Crippen LogP contribution in [0.5, 0.6) is 0 Å². The SMILES string of the molecule is CN(CC(=O)NC(C)(C)C)CC1CCC(S(=O)(=O)c2cccc(C(F)(F)F)c2)CC1. The molecule has 1 N–H and O–H groups in total. The molecule has 0 unspecified atom stereocenters. The molecule has 1 aromatic rings. The van der Waals surface area contributed by atoms with Crippen molar-refractivity contribution in [1.82, 2.24) is 10.2 Å². The molecule has 1 amide bonds. The van der Waals surface area contributed by atoms with E-state index in [0.29, 0.717) is 32.2 Å². The Morgan fingerprint density at radius 2 is 1.73 bits per heavy atom. The Labute approximate surface area is 176 Å². The number of benzene rings is 1. The molecule has 5 nitrogen and oxygen atoms in total. The lowest BCUT2D eigenvalue weighted by Crippen LogP contribution is -2.46. The van der Waals surface area contributed by atoms with Gasteiger partial charge in [-0.1, -0.05) is 6.07 Å². The van der Waals surface area contributed by atoms with E-state index in [1.807, 2.05) is 32.7 Å². The van der Waals surface area contributed by atoms with Gasteiger partial charge in [0.15, 0.2) is 9.84 Å². The molecule has 0 spiro atoms. The second-order valence-corrected chi connectivity index (χ2v) is 11.4. The van der Waals surface area contributed by atoms with E-state index in [-0.39, 0.29) is 28.8 Å². The van der Waals surface area contributed by atoms with Crippen LogP contribution in [0.4, 0.5) is 13.2 Å². The fourth-order valence-electron chi connectivity index (χ4n) is 3.87. The molecular formula is C21H31F3N2O3S. The molecule has 170 valence electrons. The lowest BCUT2D eigenvalue weighted by atomic mass is 9.88. The van der Waals surface area contributed by atoms with Crippen molar-refractivity contribution in [3.05, 3.63) is 29.8 Å². The number of halogens is 3. The van der Waals surface area contributed by atoms with Crippen LogP contribution in [0.3, 0.4) is 0 Å². The summed E-state index contributed by atoms with van der Waals surface area (Å²) in [5.41, 5.74) is -1.25. The number of alkyl halides is 3. The third kappa shape index (κ3) is 6.97. The molecule has 0 saturated heterocycles. The van der Waals surface area contributed by atoms with Gasteiger partial charge in [0.1, 0.15) is 0 Å². The van der Waals surface area contributed by atoms with Gasteiger partial charge in [0.25, 0.3) is 0 Å². The quantitative estimate of drug-likeness (QED) is 0.717. The topological polar surface area (TPSA) is 66.5 Å². The third-order valence-electron chi connectivity index (χ3n) is 5.22. The first kappa shape index (κ1) is 24.7. The summed E-state index contributed by atoms with van der Waals surface area (Å²) in [6.07, 6.45) is -2.44. The van der Waals surface area contributed by atoms with Gasteiger partial charge >= 0.3 is 6.18 Å². The molecule has 2 rings (SSSR count). The number of nitrogens with zero attached hydrogens (tertiary/aromatic N) is 1. The Bertz CT molecular complexity index is 840. The minimum absolute atomic E-state index is 0.0641. The summed E-state index contributed by atoms with van der Waals surface area (Å²) in [4.78, 5) is 13.7. The van der Waals surface area contributed by atoms with Crippen molar-refractivity contribution in [3.8, 4) is 0 Å². The van der Waals surface area contributed by atoms with Gasteiger partial charge in [-0.15, -0.1) is 0 Å². The highest BCUT2D eigenvalue weighted by Gasteiger charge is 2.35. The van der Waals surface area contributed by atoms with Crippen LogP contribution in [0.1, 0.15) is 52.0 Å². The second kappa shape index (κ2) is 9.26. The Morgan fingerprint density at radius 1 is 1.13 bits per heavy atom. The molecule has 1 fully saturated rings. The molecule has 0 heterocycles. The van der Waals surface area contributed by atoms with Crippen molar-refractivity contribution < 1.29 is 26.4 Å². The molecule has 1 aliphatic rings. The average molecular weight is 449 g/mol. The van der Waals surface area contributed by atoms with Gasteiger partial charge in [0.2, 0.25) is 5.91 Å². The zero-order valence-electron chi connectivity index (χ0n) is 17.9. The maximum absolute atomic E-state index is 12.9. The van der Waals surface area contributed by atoms with Gasteiger partial charge < -0.3 is 5.32 Å². The summed E-state index contributed by atoms with van der Waals surface area (Å²) < 4.78 is 64.5. The molecule has 30 heavy (non-hydrogen) atoms. The second-order valence-electron chi connectivity index (χ2n) is 9.21. The van der Waals surface area contributed by atoms with Crippen molar-refractivity contribution in [3.63, 3.8) is 0 Å². The molecule has 1 aliphatic carbocycles. The van der Waals surface area contributed by atoms with E-state index in [9.17, 15) is 26.4 Å². The lowest BCUT2D eigenvalue weighted by Gasteiger charge is -2.31. The first-order valence-corrected chi connectivity index (χ1v) is 11.6. The van der Waals surface area contributed by atoms with Gasteiger partial charge in [-0.2, -0.15) is 13.2 Å². The predicted octanol–water partition coefficient (Wildman–Crippen LogP) is 3.88. The zero-order chi connectivity index (χ0) is 22.7. The van der Waals surface area contributed by atoms with Crippen LogP contribution in [-0.4, -0.2) is 50.2 Å². The van der Waals surface area contributed by atoms with Crippen LogP contribution in [-0.2, 0) is 20.8 Å². The Morgan fingerprint density at radius 3 is 2.27 bits per heavy atom. The first-order valence-electron chi connectivity index (χ1n) is 10.1. The Hall–Kier alpha value is -1.61. The van der Waals surface area contributed by atoms with E-state index >= 15 is 0 Å². The van der Waals surface area contributed by atoms with Crippen molar-refractivity contribution in [2.75, 3.05) is 20.1 Å². The van der Waals surface area contributed by atoms with E-state index in [2.05, 4.69) is 5.32 Å². The molecule has 0 radical (unpaired) electrons. The molecule has 1 saturated carbocycles. The number of carbonyl (C=O) groups excluding carboxylic acids is 1. The van der Waals surface area contributed by atoms with E-state index in [0.717, 1.165) is 18.2 Å². The van der Waals surface area contributed by atoms with Crippen molar-refractivity contribution in [1.29, 1.82) is 0 Å². The van der Waals surface area contributed by atoms with Crippen molar-refractivity contribution in [2.45, 2.75) is 68.3 Å². The minimum Gasteiger partial charge on any atom is -0.350 e. The highest BCUT2D eigenvalue weighted by molar-refractivity contribution is 7.92. The van der Waals surface area contributed by atoms with Gasteiger partial charge in [0.05, 0.1) is 22.3 Å². The summed E-state index contributed by atoms with van der Waals surface area (Å²) in [5, 5.41) is 2.23. The van der Waals surface area contributed by atoms with Crippen molar-refractivity contribution in [2.24, 2.45) is 5.92 Å². The highest BCUT2D eigenvalue weighted by Crippen LogP contribution is 2.35. The maximum Gasteiger partial charge on any atom is 0.416 e. The molecule has 0 atom stereocenters. The van der Waals surface area contributed by atoms with Crippen LogP contribution in [0.15, 0.2) is 29.2 Å². The van der Waals surface area contributed by atoms with Gasteiger partial charge in [-0.3, -0.25) is 9.69 Å². The number of hydrogen-bond donors (Lipinski definition) is 1. The summed E-state index contributed by atoms with van der Waals surface area (Å²) in [6, 6.07) is 3.97. The van der Waals surface area contributed by atoms with E-state index in [4.69, 9.17) is 0 Å². The standard InChI is InChI=1S/C21H31F3N2O3S/c1-20(2,3)25-19(27)14-26(4)13-15-8-10-17(11-9-15)30(28,29)18-7-5-6-16(12-18)21(22,23)24/h5-7,12,15,17H,8-11,13-14H2,1-4H3,(H,25,27). The minimum atomic E-state index is -4.58. The Balaban J connectivity index is 1.93. The summed E-state index contributed by atoms with van der Waals surface area (Å²) in [5.74, 6) is 0.191. The number of rotatable bonds is 6. The predicted molar refractivity (Wildman–Crippen MR) is 110 cm³/mol. The smallest absolute Gasteiger partial charge is 0.350 e. The summed E-state index contributed by atoms with van der Waals surface area (Å²) in [6.45, 7) is 6.68. The molecular weight excluding hydrogens is 417 g/mol. The molecule has 9 heteroatoms. The van der Waals surface area contributed by atoms with Crippen LogP contribution in [0.2, 0.25) is 0 Å². The summed E-state index contributed by atoms with van der Waals surface area (Å²) in [7, 11) is -1.96. The monoisotopic (exact) mass is 448 g/mol. The Kier molecular flexibility index (Phi) is 7.61. The summed E-state index contributed by atoms with van der Waals surface area (Å²) >= 11 is 0. The fourth-order valence-corrected chi connectivity index (χ4v) is 5.71. The first-order chi connectivity index (χ1) is 13.7. The molecule has 1 aromatic carbocycles. The highest BCUT2D eigenvalue weighted by atomic mass is 32.2. The number of hydrogen-bond acceptors (Lipinski definition) is 4. The van der Waals surface area contributed by atoms with E-state index in [1.165, 1.54) is 6.07 Å². The molecule has 0 aromatic heterocycles. The maximum atomic E-state index is 12.9. The fraction of sp³-hybridized carbons (Fsp3) is 0.667. The number of nitrogens with one attached hydrogen (secondary N) is 1. The van der Waals surface area contributed by atoms with Gasteiger partial charge in [-0.05, 0) is 77.6 Å². The van der Waals surface area contributed by atoms with Crippen molar-refractivity contribution >= 4 is 15.7 Å². The van der Waals surface area contributed by atoms with E-state index in [1.54, 1.807) is 0 Å². The third-order valence-corrected chi connectivity index (χ3v) is 7.48. The van der Waals surface area contributed by atoms with Crippen LogP contribution >= 0.6 is 0 Å². The molecule has 0 bridgehead atoms. The zero-order valence-corrected chi connectivity index (χ0v) is 18.7. The van der Waals surface area contributed by atoms with E-state index < -0.39 is 26.8 Å². The van der Waals surface area contributed by atoms with Crippen LogP contribution in [0, 0.1) is 5.92 Å². The number of carbonyl (C=O) groups is 1. The number of likely N-dealkylation sites (N-methyl/N-ethyl adjacent to an activating group) is 1. The lowest BCUT2D eigenvalue weighted by molar-refractivity contribution is -0.137. The van der Waals surface area contributed by atoms with Gasteiger partial charge in [-0.25, -0.2) is 8.42 Å². The largest absolute Gasteiger partial charge is 0.416 e. The average Bonchev–Trinajstić information content (AvgIpc) is 2.59. The molecule has 0 aliphatic heterocycles. The number of sulfone groups is 1. The van der Waals surface area contributed by atoms with Crippen LogP contribution in [0.25, 0.3) is 0 Å². The number of amides is 1. The van der Waals surface area contributed by atoms with Gasteiger partial charge in [0, 0.05) is 12.1 Å².